The molecule has 0 aromatic heterocycles. The first-order valence-corrected chi connectivity index (χ1v) is 4.37. The summed E-state index contributed by atoms with van der Waals surface area (Å²) in [4.78, 5) is 0. The molecule has 68 valence electrons. The van der Waals surface area contributed by atoms with Crippen LogP contribution >= 0.6 is 0 Å². The minimum absolute atomic E-state index is 0.00250. The standard InChI is InChI=1S/C7H15NO.C2H6/c1-6(5-9)3-7(2,8)4-6;1-2/h9H,3-5,8H2,1-2H3;1-2H3. The normalized spacial score (nSPS) is 42.0. The molecule has 0 bridgehead atoms. The average molecular weight is 159 g/mol. The number of hydrogen-bond acceptors (Lipinski definition) is 2. The van der Waals surface area contributed by atoms with Crippen LogP contribution < -0.4 is 5.73 Å². The minimum Gasteiger partial charge on any atom is -0.396 e. The molecule has 0 saturated heterocycles. The summed E-state index contributed by atoms with van der Waals surface area (Å²) in [5.41, 5.74) is 5.89. The molecule has 3 N–H and O–H groups in total. The number of hydrogen-bond donors (Lipinski definition) is 2. The van der Waals surface area contributed by atoms with E-state index in [0.717, 1.165) is 12.8 Å². The average Bonchev–Trinajstić information content (AvgIpc) is 1.88. The summed E-state index contributed by atoms with van der Waals surface area (Å²) in [6.45, 7) is 8.38. The zero-order valence-corrected chi connectivity index (χ0v) is 8.15. The summed E-state index contributed by atoms with van der Waals surface area (Å²) < 4.78 is 0. The summed E-state index contributed by atoms with van der Waals surface area (Å²) in [6, 6.07) is 0. The molecule has 0 atom stereocenters. The molecule has 1 aliphatic rings. The summed E-state index contributed by atoms with van der Waals surface area (Å²) >= 11 is 0. The van der Waals surface area contributed by atoms with E-state index < -0.39 is 0 Å². The molecule has 0 unspecified atom stereocenters. The highest BCUT2D eigenvalue weighted by molar-refractivity contribution is 5.01. The number of rotatable bonds is 1. The minimum atomic E-state index is -0.00250. The van der Waals surface area contributed by atoms with Gasteiger partial charge >= 0.3 is 0 Å². The van der Waals surface area contributed by atoms with Crippen molar-refractivity contribution >= 4 is 0 Å². The second-order valence-electron chi connectivity index (χ2n) is 3.98. The highest BCUT2D eigenvalue weighted by Crippen LogP contribution is 2.45. The molecule has 2 heteroatoms. The first-order valence-electron chi connectivity index (χ1n) is 4.37. The molecule has 0 aromatic carbocycles. The molecular weight excluding hydrogens is 138 g/mol. The molecule has 0 aliphatic heterocycles. The number of nitrogens with two attached hydrogens (primary N) is 1. The van der Waals surface area contributed by atoms with Crippen LogP contribution in [0.2, 0.25) is 0 Å². The predicted molar refractivity (Wildman–Crippen MR) is 48.4 cm³/mol. The van der Waals surface area contributed by atoms with Crippen molar-refractivity contribution in [1.82, 2.24) is 0 Å². The molecule has 1 saturated carbocycles. The van der Waals surface area contributed by atoms with Crippen molar-refractivity contribution in [1.29, 1.82) is 0 Å². The molecule has 1 aliphatic carbocycles. The van der Waals surface area contributed by atoms with Gasteiger partial charge in [0.15, 0.2) is 0 Å². The van der Waals surface area contributed by atoms with Gasteiger partial charge in [0.25, 0.3) is 0 Å². The van der Waals surface area contributed by atoms with Crippen LogP contribution in [0.4, 0.5) is 0 Å². The second-order valence-corrected chi connectivity index (χ2v) is 3.98. The van der Waals surface area contributed by atoms with Gasteiger partial charge < -0.3 is 10.8 Å². The van der Waals surface area contributed by atoms with Crippen LogP contribution in [0.15, 0.2) is 0 Å². The number of aliphatic hydroxyl groups excluding tert-OH is 1. The summed E-state index contributed by atoms with van der Waals surface area (Å²) in [7, 11) is 0. The molecule has 11 heavy (non-hydrogen) atoms. The van der Waals surface area contributed by atoms with Gasteiger partial charge in [0.1, 0.15) is 0 Å². The Kier molecular flexibility index (Phi) is 3.52. The van der Waals surface area contributed by atoms with Crippen molar-refractivity contribution in [3.63, 3.8) is 0 Å². The first kappa shape index (κ1) is 10.9. The van der Waals surface area contributed by atoms with E-state index in [2.05, 4.69) is 6.92 Å². The van der Waals surface area contributed by atoms with Crippen LogP contribution in [-0.2, 0) is 0 Å². The van der Waals surface area contributed by atoms with Crippen LogP contribution in [0.3, 0.4) is 0 Å². The van der Waals surface area contributed by atoms with Gasteiger partial charge in [-0.1, -0.05) is 20.8 Å². The third-order valence-electron chi connectivity index (χ3n) is 2.04. The third kappa shape index (κ3) is 2.80. The quantitative estimate of drug-likeness (QED) is 0.609. The van der Waals surface area contributed by atoms with Gasteiger partial charge in [-0.2, -0.15) is 0 Å². The molecule has 2 nitrogen and oxygen atoms in total. The monoisotopic (exact) mass is 159 g/mol. The zero-order chi connectivity index (χ0) is 9.12. The summed E-state index contributed by atoms with van der Waals surface area (Å²) in [6.07, 6.45) is 1.91. The summed E-state index contributed by atoms with van der Waals surface area (Å²) in [5.74, 6) is 0. The van der Waals surface area contributed by atoms with Crippen LogP contribution in [0.5, 0.6) is 0 Å². The lowest BCUT2D eigenvalue weighted by Gasteiger charge is -2.50. The van der Waals surface area contributed by atoms with E-state index in [1.54, 1.807) is 0 Å². The topological polar surface area (TPSA) is 46.2 Å². The van der Waals surface area contributed by atoms with Crippen molar-refractivity contribution in [2.75, 3.05) is 6.61 Å². The van der Waals surface area contributed by atoms with Crippen molar-refractivity contribution in [3.8, 4) is 0 Å². The molecule has 1 fully saturated rings. The van der Waals surface area contributed by atoms with Crippen LogP contribution in [0.1, 0.15) is 40.5 Å². The van der Waals surface area contributed by atoms with E-state index >= 15 is 0 Å². The van der Waals surface area contributed by atoms with Gasteiger partial charge in [-0.05, 0) is 25.2 Å². The Bertz CT molecular complexity index is 113. The smallest absolute Gasteiger partial charge is 0.0486 e. The van der Waals surface area contributed by atoms with Crippen LogP contribution in [0.25, 0.3) is 0 Å². The lowest BCUT2D eigenvalue weighted by Crippen LogP contribution is -2.56. The molecule has 0 heterocycles. The Balaban J connectivity index is 0.000000461. The van der Waals surface area contributed by atoms with Crippen molar-refractivity contribution in [2.24, 2.45) is 11.1 Å². The Morgan fingerprint density at radius 1 is 1.27 bits per heavy atom. The third-order valence-corrected chi connectivity index (χ3v) is 2.04. The zero-order valence-electron chi connectivity index (χ0n) is 8.15. The van der Waals surface area contributed by atoms with E-state index in [1.807, 2.05) is 20.8 Å². The van der Waals surface area contributed by atoms with Gasteiger partial charge in [0, 0.05) is 12.1 Å². The van der Waals surface area contributed by atoms with Crippen molar-refractivity contribution in [2.45, 2.75) is 46.1 Å². The molecule has 0 radical (unpaired) electrons. The fraction of sp³-hybridized carbons (Fsp3) is 1.00. The largest absolute Gasteiger partial charge is 0.396 e. The van der Waals surface area contributed by atoms with Gasteiger partial charge in [-0.15, -0.1) is 0 Å². The Morgan fingerprint density at radius 3 is 1.73 bits per heavy atom. The molecular formula is C9H21NO. The maximum absolute atomic E-state index is 8.82. The Morgan fingerprint density at radius 2 is 1.64 bits per heavy atom. The van der Waals surface area contributed by atoms with E-state index in [-0.39, 0.29) is 17.6 Å². The van der Waals surface area contributed by atoms with E-state index in [0.29, 0.717) is 0 Å². The second kappa shape index (κ2) is 3.55. The van der Waals surface area contributed by atoms with E-state index in [9.17, 15) is 0 Å². The van der Waals surface area contributed by atoms with Crippen LogP contribution in [-0.4, -0.2) is 17.3 Å². The molecule has 0 spiro atoms. The maximum atomic E-state index is 8.82. The summed E-state index contributed by atoms with van der Waals surface area (Å²) in [5, 5.41) is 8.82. The molecule has 0 amide bonds. The Labute approximate surface area is 69.8 Å². The SMILES string of the molecule is CC.CC1(N)CC(C)(CO)C1. The molecule has 0 aromatic rings. The first-order chi connectivity index (χ1) is 4.97. The van der Waals surface area contributed by atoms with Gasteiger partial charge in [-0.3, -0.25) is 0 Å². The predicted octanol–water partition coefficient (Wildman–Crippen LogP) is 1.52. The lowest BCUT2D eigenvalue weighted by atomic mass is 9.60. The van der Waals surface area contributed by atoms with Crippen molar-refractivity contribution < 1.29 is 5.11 Å². The van der Waals surface area contributed by atoms with E-state index in [1.165, 1.54) is 0 Å². The lowest BCUT2D eigenvalue weighted by molar-refractivity contribution is 0.00112. The molecule has 1 rings (SSSR count). The number of aliphatic hydroxyl groups is 1. The van der Waals surface area contributed by atoms with E-state index in [4.69, 9.17) is 10.8 Å². The fourth-order valence-electron chi connectivity index (χ4n) is 2.01. The van der Waals surface area contributed by atoms with Gasteiger partial charge in [0.05, 0.1) is 0 Å². The highest BCUT2D eigenvalue weighted by atomic mass is 16.3. The fourth-order valence-corrected chi connectivity index (χ4v) is 2.01. The highest BCUT2D eigenvalue weighted by Gasteiger charge is 2.45. The Hall–Kier alpha value is -0.0800. The van der Waals surface area contributed by atoms with Gasteiger partial charge in [-0.25, -0.2) is 0 Å². The van der Waals surface area contributed by atoms with Crippen LogP contribution in [0, 0.1) is 5.41 Å². The van der Waals surface area contributed by atoms with Gasteiger partial charge in [0.2, 0.25) is 0 Å². The van der Waals surface area contributed by atoms with Crippen molar-refractivity contribution in [3.05, 3.63) is 0 Å². The maximum Gasteiger partial charge on any atom is 0.0486 e.